The fourth-order valence-corrected chi connectivity index (χ4v) is 0.492. The molecule has 0 saturated heterocycles. The molecule has 1 aromatic heterocycles. The van der Waals surface area contributed by atoms with E-state index in [9.17, 15) is 4.79 Å². The highest BCUT2D eigenvalue weighted by atomic mass is 16.1. The molecule has 0 aliphatic carbocycles. The SMILES string of the molecule is N#Cc1nccc(C=O)n1. The van der Waals surface area contributed by atoms with E-state index in [1.807, 2.05) is 0 Å². The summed E-state index contributed by atoms with van der Waals surface area (Å²) < 4.78 is 0. The fourth-order valence-electron chi connectivity index (χ4n) is 0.492. The van der Waals surface area contributed by atoms with Gasteiger partial charge >= 0.3 is 0 Å². The fraction of sp³-hybridized carbons (Fsp3) is 0. The maximum atomic E-state index is 10.1. The molecular formula is C6H3N3O. The first kappa shape index (κ1) is 6.36. The Morgan fingerprint density at radius 3 is 3.10 bits per heavy atom. The molecular weight excluding hydrogens is 130 g/mol. The number of nitriles is 1. The first-order chi connectivity index (χ1) is 4.86. The van der Waals surface area contributed by atoms with Gasteiger partial charge in [-0.25, -0.2) is 9.97 Å². The van der Waals surface area contributed by atoms with Crippen LogP contribution in [0.5, 0.6) is 0 Å². The van der Waals surface area contributed by atoms with Crippen LogP contribution in [0.4, 0.5) is 0 Å². The van der Waals surface area contributed by atoms with E-state index in [0.717, 1.165) is 0 Å². The van der Waals surface area contributed by atoms with Crippen molar-refractivity contribution in [3.8, 4) is 6.07 Å². The zero-order chi connectivity index (χ0) is 7.40. The molecule has 0 amide bonds. The highest BCUT2D eigenvalue weighted by Gasteiger charge is 1.93. The topological polar surface area (TPSA) is 66.6 Å². The van der Waals surface area contributed by atoms with Gasteiger partial charge in [0.15, 0.2) is 6.29 Å². The maximum Gasteiger partial charge on any atom is 0.232 e. The minimum absolute atomic E-state index is 0.0181. The standard InChI is InChI=1S/C6H3N3O/c7-3-6-8-2-1-5(4-10)9-6/h1-2,4H. The number of aldehydes is 1. The Morgan fingerprint density at radius 2 is 2.50 bits per heavy atom. The van der Waals surface area contributed by atoms with Gasteiger partial charge in [-0.3, -0.25) is 4.79 Å². The van der Waals surface area contributed by atoms with Crippen LogP contribution in [0.15, 0.2) is 12.3 Å². The van der Waals surface area contributed by atoms with E-state index in [0.29, 0.717) is 6.29 Å². The van der Waals surface area contributed by atoms with Crippen LogP contribution in [0, 0.1) is 11.3 Å². The molecule has 0 aromatic carbocycles. The van der Waals surface area contributed by atoms with Crippen LogP contribution in [-0.2, 0) is 0 Å². The van der Waals surface area contributed by atoms with Crippen LogP contribution < -0.4 is 0 Å². The Kier molecular flexibility index (Phi) is 1.71. The zero-order valence-electron chi connectivity index (χ0n) is 4.98. The van der Waals surface area contributed by atoms with Gasteiger partial charge in [-0.1, -0.05) is 0 Å². The molecule has 0 bridgehead atoms. The predicted octanol–water partition coefficient (Wildman–Crippen LogP) is 0.161. The van der Waals surface area contributed by atoms with Gasteiger partial charge in [0.25, 0.3) is 0 Å². The maximum absolute atomic E-state index is 10.1. The molecule has 1 heterocycles. The normalized spacial score (nSPS) is 8.30. The monoisotopic (exact) mass is 133 g/mol. The molecule has 0 atom stereocenters. The molecule has 4 heteroatoms. The smallest absolute Gasteiger partial charge is 0.232 e. The van der Waals surface area contributed by atoms with Gasteiger partial charge < -0.3 is 0 Å². The minimum atomic E-state index is 0.0181. The van der Waals surface area contributed by atoms with Crippen LogP contribution in [0.1, 0.15) is 16.3 Å². The minimum Gasteiger partial charge on any atom is -0.296 e. The van der Waals surface area contributed by atoms with E-state index in [4.69, 9.17) is 5.26 Å². The number of hydrogen-bond donors (Lipinski definition) is 0. The van der Waals surface area contributed by atoms with Gasteiger partial charge in [-0.2, -0.15) is 5.26 Å². The molecule has 0 unspecified atom stereocenters. The molecule has 1 aromatic rings. The highest BCUT2D eigenvalue weighted by molar-refractivity contribution is 5.71. The Hall–Kier alpha value is -1.76. The van der Waals surface area contributed by atoms with E-state index in [2.05, 4.69) is 9.97 Å². The summed E-state index contributed by atoms with van der Waals surface area (Å²) >= 11 is 0. The third-order valence-electron chi connectivity index (χ3n) is 0.898. The molecule has 0 saturated carbocycles. The molecule has 0 radical (unpaired) electrons. The lowest BCUT2D eigenvalue weighted by atomic mass is 10.4. The average molecular weight is 133 g/mol. The lowest BCUT2D eigenvalue weighted by Gasteiger charge is -1.86. The second kappa shape index (κ2) is 2.69. The molecule has 0 spiro atoms. The van der Waals surface area contributed by atoms with Gasteiger partial charge in [-0.05, 0) is 6.07 Å². The van der Waals surface area contributed by atoms with Crippen LogP contribution in [0.25, 0.3) is 0 Å². The van der Waals surface area contributed by atoms with Gasteiger partial charge in [0.2, 0.25) is 5.82 Å². The Labute approximate surface area is 57.2 Å². The quantitative estimate of drug-likeness (QED) is 0.512. The Morgan fingerprint density at radius 1 is 1.70 bits per heavy atom. The van der Waals surface area contributed by atoms with E-state index in [-0.39, 0.29) is 11.5 Å². The molecule has 0 N–H and O–H groups in total. The van der Waals surface area contributed by atoms with Crippen LogP contribution in [-0.4, -0.2) is 16.3 Å². The first-order valence-electron chi connectivity index (χ1n) is 2.55. The van der Waals surface area contributed by atoms with Gasteiger partial charge in [0.05, 0.1) is 0 Å². The summed E-state index contributed by atoms with van der Waals surface area (Å²) in [4.78, 5) is 17.2. The van der Waals surface area contributed by atoms with Gasteiger partial charge in [-0.15, -0.1) is 0 Å². The van der Waals surface area contributed by atoms with Crippen molar-refractivity contribution in [3.05, 3.63) is 23.8 Å². The number of rotatable bonds is 1. The summed E-state index contributed by atoms with van der Waals surface area (Å²) in [6.07, 6.45) is 1.94. The summed E-state index contributed by atoms with van der Waals surface area (Å²) in [5.41, 5.74) is 0.228. The summed E-state index contributed by atoms with van der Waals surface area (Å²) in [6.45, 7) is 0. The lowest BCUT2D eigenvalue weighted by Crippen LogP contribution is -1.92. The van der Waals surface area contributed by atoms with E-state index in [1.54, 1.807) is 6.07 Å². The zero-order valence-corrected chi connectivity index (χ0v) is 4.98. The Balaban J connectivity index is 3.13. The predicted molar refractivity (Wildman–Crippen MR) is 32.1 cm³/mol. The molecule has 10 heavy (non-hydrogen) atoms. The van der Waals surface area contributed by atoms with Gasteiger partial charge in [0.1, 0.15) is 11.8 Å². The third-order valence-corrected chi connectivity index (χ3v) is 0.898. The number of carbonyl (C=O) groups is 1. The van der Waals surface area contributed by atoms with Crippen molar-refractivity contribution >= 4 is 6.29 Å². The molecule has 0 aliphatic rings. The van der Waals surface area contributed by atoms with Crippen molar-refractivity contribution in [2.24, 2.45) is 0 Å². The first-order valence-corrected chi connectivity index (χ1v) is 2.55. The van der Waals surface area contributed by atoms with Crippen LogP contribution in [0.2, 0.25) is 0 Å². The number of hydrogen-bond acceptors (Lipinski definition) is 4. The van der Waals surface area contributed by atoms with Crippen molar-refractivity contribution in [2.45, 2.75) is 0 Å². The summed E-state index contributed by atoms with van der Waals surface area (Å²) in [6, 6.07) is 3.16. The van der Waals surface area contributed by atoms with Crippen molar-refractivity contribution in [2.75, 3.05) is 0 Å². The molecule has 1 rings (SSSR count). The molecule has 4 nitrogen and oxygen atoms in total. The van der Waals surface area contributed by atoms with E-state index in [1.165, 1.54) is 12.3 Å². The summed E-state index contributed by atoms with van der Waals surface area (Å²) in [5.74, 6) is 0.0181. The second-order valence-corrected chi connectivity index (χ2v) is 1.53. The average Bonchev–Trinajstić information content (AvgIpc) is 2.05. The van der Waals surface area contributed by atoms with E-state index < -0.39 is 0 Å². The Bertz CT molecular complexity index is 289. The summed E-state index contributed by atoms with van der Waals surface area (Å²) in [5, 5.41) is 8.27. The van der Waals surface area contributed by atoms with Gasteiger partial charge in [0, 0.05) is 6.20 Å². The van der Waals surface area contributed by atoms with Crippen molar-refractivity contribution < 1.29 is 4.79 Å². The highest BCUT2D eigenvalue weighted by Crippen LogP contribution is 1.88. The van der Waals surface area contributed by atoms with Crippen molar-refractivity contribution in [1.82, 2.24) is 9.97 Å². The largest absolute Gasteiger partial charge is 0.296 e. The van der Waals surface area contributed by atoms with Crippen LogP contribution >= 0.6 is 0 Å². The number of aromatic nitrogens is 2. The number of carbonyl (C=O) groups excluding carboxylic acids is 1. The molecule has 48 valence electrons. The second-order valence-electron chi connectivity index (χ2n) is 1.53. The van der Waals surface area contributed by atoms with E-state index >= 15 is 0 Å². The third kappa shape index (κ3) is 1.14. The molecule has 0 fully saturated rings. The van der Waals surface area contributed by atoms with Crippen molar-refractivity contribution in [3.63, 3.8) is 0 Å². The van der Waals surface area contributed by atoms with Crippen LogP contribution in [0.3, 0.4) is 0 Å². The summed E-state index contributed by atoms with van der Waals surface area (Å²) in [7, 11) is 0. The molecule has 0 aliphatic heterocycles. The van der Waals surface area contributed by atoms with Crippen molar-refractivity contribution in [1.29, 1.82) is 5.26 Å². The lowest BCUT2D eigenvalue weighted by molar-refractivity contribution is 0.111. The number of nitrogens with zero attached hydrogens (tertiary/aromatic N) is 3.